The molecule has 2 aromatic rings. The number of hydrogen-bond acceptors (Lipinski definition) is 6. The molecule has 0 aliphatic carbocycles. The van der Waals surface area contributed by atoms with Crippen molar-refractivity contribution in [1.29, 1.82) is 0 Å². The predicted molar refractivity (Wildman–Crippen MR) is 73.5 cm³/mol. The molecule has 0 bridgehead atoms. The first-order chi connectivity index (χ1) is 8.92. The largest absolute Gasteiger partial charge is 0.478 e. The fourth-order valence-electron chi connectivity index (χ4n) is 1.29. The van der Waals surface area contributed by atoms with Crippen LogP contribution in [0.5, 0.6) is 5.88 Å². The maximum Gasteiger partial charge on any atom is 0.272 e. The van der Waals surface area contributed by atoms with Gasteiger partial charge in [-0.05, 0) is 19.1 Å². The number of aromatic nitrogens is 2. The molecule has 6 nitrogen and oxygen atoms in total. The Balaban J connectivity index is 2.35. The van der Waals surface area contributed by atoms with Crippen molar-refractivity contribution in [2.24, 2.45) is 0 Å². The van der Waals surface area contributed by atoms with Crippen molar-refractivity contribution in [1.82, 2.24) is 9.97 Å². The standard InChI is InChI=1S/C10H10ClN3O3S2/c1-6-5-12-9(10(13-6)17-2)14-19(15,16)8-4-3-7(11)18-8/h3-5H,1-2H3,(H,12,14). The Kier molecular flexibility index (Phi) is 3.93. The second-order valence-corrected chi connectivity index (χ2v) is 7.16. The van der Waals surface area contributed by atoms with Crippen LogP contribution in [0.25, 0.3) is 0 Å². The fourth-order valence-corrected chi connectivity index (χ4v) is 3.78. The van der Waals surface area contributed by atoms with Crippen LogP contribution in [0.2, 0.25) is 4.34 Å². The lowest BCUT2D eigenvalue weighted by Crippen LogP contribution is -2.14. The van der Waals surface area contributed by atoms with E-state index in [1.54, 1.807) is 6.92 Å². The lowest BCUT2D eigenvalue weighted by Gasteiger charge is -2.09. The van der Waals surface area contributed by atoms with Gasteiger partial charge in [0.05, 0.1) is 23.3 Å². The monoisotopic (exact) mass is 319 g/mol. The summed E-state index contributed by atoms with van der Waals surface area (Å²) >= 11 is 6.68. The molecule has 2 heterocycles. The number of sulfonamides is 1. The number of anilines is 1. The predicted octanol–water partition coefficient (Wildman–Crippen LogP) is 2.31. The van der Waals surface area contributed by atoms with E-state index in [0.717, 1.165) is 11.3 Å². The van der Waals surface area contributed by atoms with Crippen LogP contribution in [0.3, 0.4) is 0 Å². The summed E-state index contributed by atoms with van der Waals surface area (Å²) in [6, 6.07) is 2.93. The highest BCUT2D eigenvalue weighted by Gasteiger charge is 2.20. The van der Waals surface area contributed by atoms with Gasteiger partial charge in [0, 0.05) is 0 Å². The second kappa shape index (κ2) is 5.32. The molecule has 0 saturated carbocycles. The third-order valence-corrected chi connectivity index (χ3v) is 5.16. The summed E-state index contributed by atoms with van der Waals surface area (Å²) in [7, 11) is -2.34. The molecule has 0 spiro atoms. The van der Waals surface area contributed by atoms with Crippen LogP contribution in [-0.4, -0.2) is 25.5 Å². The highest BCUT2D eigenvalue weighted by molar-refractivity contribution is 7.94. The minimum atomic E-state index is -3.74. The molecule has 0 saturated heterocycles. The van der Waals surface area contributed by atoms with Gasteiger partial charge in [-0.3, -0.25) is 4.72 Å². The zero-order valence-corrected chi connectivity index (χ0v) is 12.4. The number of aryl methyl sites for hydroxylation is 1. The molecule has 0 fully saturated rings. The van der Waals surface area contributed by atoms with Gasteiger partial charge >= 0.3 is 0 Å². The number of ether oxygens (including phenoxy) is 1. The Morgan fingerprint density at radius 3 is 2.74 bits per heavy atom. The van der Waals surface area contributed by atoms with Crippen molar-refractivity contribution in [2.75, 3.05) is 11.8 Å². The van der Waals surface area contributed by atoms with Gasteiger partial charge in [0.1, 0.15) is 4.21 Å². The molecule has 0 atom stereocenters. The van der Waals surface area contributed by atoms with Crippen molar-refractivity contribution in [3.8, 4) is 5.88 Å². The van der Waals surface area contributed by atoms with Crippen molar-refractivity contribution < 1.29 is 13.2 Å². The van der Waals surface area contributed by atoms with Crippen LogP contribution < -0.4 is 9.46 Å². The van der Waals surface area contributed by atoms with Gasteiger partial charge in [-0.1, -0.05) is 11.6 Å². The quantitative estimate of drug-likeness (QED) is 0.935. The highest BCUT2D eigenvalue weighted by atomic mass is 35.5. The number of rotatable bonds is 4. The van der Waals surface area contributed by atoms with E-state index < -0.39 is 10.0 Å². The van der Waals surface area contributed by atoms with Gasteiger partial charge in [-0.25, -0.2) is 18.4 Å². The number of nitrogens with zero attached hydrogens (tertiary/aromatic N) is 2. The van der Waals surface area contributed by atoms with Gasteiger partial charge in [0.2, 0.25) is 5.82 Å². The van der Waals surface area contributed by atoms with Gasteiger partial charge in [-0.15, -0.1) is 11.3 Å². The summed E-state index contributed by atoms with van der Waals surface area (Å²) in [4.78, 5) is 8.00. The van der Waals surface area contributed by atoms with Crippen LogP contribution in [0, 0.1) is 6.92 Å². The van der Waals surface area contributed by atoms with E-state index in [0.29, 0.717) is 10.0 Å². The Morgan fingerprint density at radius 2 is 2.16 bits per heavy atom. The van der Waals surface area contributed by atoms with Crippen LogP contribution in [-0.2, 0) is 10.0 Å². The van der Waals surface area contributed by atoms with Crippen LogP contribution >= 0.6 is 22.9 Å². The number of hydrogen-bond donors (Lipinski definition) is 1. The third kappa shape index (κ3) is 3.14. The molecule has 1 N–H and O–H groups in total. The summed E-state index contributed by atoms with van der Waals surface area (Å²) in [6.45, 7) is 1.73. The Bertz CT molecular complexity index is 700. The first-order valence-electron chi connectivity index (χ1n) is 5.08. The summed E-state index contributed by atoms with van der Waals surface area (Å²) in [6.07, 6.45) is 1.45. The van der Waals surface area contributed by atoms with E-state index in [2.05, 4.69) is 14.7 Å². The van der Waals surface area contributed by atoms with Gasteiger partial charge in [-0.2, -0.15) is 0 Å². The minimum absolute atomic E-state index is 0.0395. The van der Waals surface area contributed by atoms with Crippen LogP contribution in [0.4, 0.5) is 5.82 Å². The molecule has 102 valence electrons. The molecule has 2 aromatic heterocycles. The first-order valence-corrected chi connectivity index (χ1v) is 7.76. The molecular formula is C10H10ClN3O3S2. The van der Waals surface area contributed by atoms with E-state index in [1.165, 1.54) is 25.4 Å². The number of thiophene rings is 1. The lowest BCUT2D eigenvalue weighted by atomic mass is 10.5. The maximum absolute atomic E-state index is 12.1. The van der Waals surface area contributed by atoms with E-state index in [-0.39, 0.29) is 15.9 Å². The molecule has 0 aliphatic rings. The summed E-state index contributed by atoms with van der Waals surface area (Å²) in [5.41, 5.74) is 0.624. The van der Waals surface area contributed by atoms with Crippen molar-refractivity contribution in [3.05, 3.63) is 28.4 Å². The van der Waals surface area contributed by atoms with Crippen molar-refractivity contribution >= 4 is 38.8 Å². The van der Waals surface area contributed by atoms with Gasteiger partial charge in [0.15, 0.2) is 0 Å². The molecule has 19 heavy (non-hydrogen) atoms. The van der Waals surface area contributed by atoms with E-state index in [1.807, 2.05) is 0 Å². The minimum Gasteiger partial charge on any atom is -0.478 e. The zero-order chi connectivity index (χ0) is 14.0. The second-order valence-electron chi connectivity index (χ2n) is 3.53. The maximum atomic E-state index is 12.1. The molecule has 0 radical (unpaired) electrons. The number of nitrogens with one attached hydrogen (secondary N) is 1. The SMILES string of the molecule is COc1nc(C)cnc1NS(=O)(=O)c1ccc(Cl)s1. The average Bonchev–Trinajstić information content (AvgIpc) is 2.79. The van der Waals surface area contributed by atoms with Gasteiger partial charge < -0.3 is 4.74 Å². The lowest BCUT2D eigenvalue weighted by molar-refractivity contribution is 0.397. The van der Waals surface area contributed by atoms with Crippen LogP contribution in [0.1, 0.15) is 5.69 Å². The Morgan fingerprint density at radius 1 is 1.42 bits per heavy atom. The van der Waals surface area contributed by atoms with Crippen molar-refractivity contribution in [2.45, 2.75) is 11.1 Å². The first kappa shape index (κ1) is 14.0. The molecule has 0 unspecified atom stereocenters. The molecule has 0 amide bonds. The molecular weight excluding hydrogens is 310 g/mol. The highest BCUT2D eigenvalue weighted by Crippen LogP contribution is 2.28. The Hall–Kier alpha value is -1.38. The van der Waals surface area contributed by atoms with E-state index in [9.17, 15) is 8.42 Å². The van der Waals surface area contributed by atoms with Crippen molar-refractivity contribution in [3.63, 3.8) is 0 Å². The zero-order valence-electron chi connectivity index (χ0n) is 10.0. The topological polar surface area (TPSA) is 81.2 Å². The Labute approximate surface area is 119 Å². The summed E-state index contributed by atoms with van der Waals surface area (Å²) in [5, 5.41) is 0. The molecule has 2 rings (SSSR count). The fraction of sp³-hybridized carbons (Fsp3) is 0.200. The molecule has 0 aliphatic heterocycles. The van der Waals surface area contributed by atoms with Gasteiger partial charge in [0.25, 0.3) is 15.9 Å². The summed E-state index contributed by atoms with van der Waals surface area (Å²) in [5.74, 6) is 0.156. The molecule has 0 aromatic carbocycles. The van der Waals surface area contributed by atoms with Crippen LogP contribution in [0.15, 0.2) is 22.5 Å². The smallest absolute Gasteiger partial charge is 0.272 e. The number of halogens is 1. The normalized spacial score (nSPS) is 11.3. The number of methoxy groups -OCH3 is 1. The van der Waals surface area contributed by atoms with E-state index >= 15 is 0 Å². The van der Waals surface area contributed by atoms with E-state index in [4.69, 9.17) is 16.3 Å². The third-order valence-electron chi connectivity index (χ3n) is 2.10. The average molecular weight is 320 g/mol. The summed E-state index contributed by atoms with van der Waals surface area (Å²) < 4.78 is 32.0. The molecule has 9 heteroatoms.